The maximum absolute atomic E-state index is 13.1. The normalized spacial score (nSPS) is 10.3. The van der Waals surface area contributed by atoms with Crippen molar-refractivity contribution in [3.63, 3.8) is 0 Å². The van der Waals surface area contributed by atoms with E-state index in [1.807, 2.05) is 0 Å². The Bertz CT molecular complexity index is 893. The average molecular weight is 403 g/mol. The largest absolute Gasteiger partial charge is 0.463 e. The molecule has 2 rings (SSSR count). The summed E-state index contributed by atoms with van der Waals surface area (Å²) >= 11 is 0. The van der Waals surface area contributed by atoms with Crippen LogP contribution in [-0.4, -0.2) is 48.0 Å². The van der Waals surface area contributed by atoms with Gasteiger partial charge in [0, 0.05) is 23.5 Å². The van der Waals surface area contributed by atoms with Crippen molar-refractivity contribution >= 4 is 23.7 Å². The van der Waals surface area contributed by atoms with Gasteiger partial charge in [0.2, 0.25) is 0 Å². The molecule has 0 aliphatic carbocycles. The van der Waals surface area contributed by atoms with Crippen LogP contribution in [0.4, 0.5) is 4.39 Å². The number of aromatic nitrogens is 1. The summed E-state index contributed by atoms with van der Waals surface area (Å²) < 4.78 is 27.5. The Morgan fingerprint density at radius 2 is 1.52 bits per heavy atom. The SMILES string of the molecule is CCOC(=O)C(OC(=O)c1cnccc1C(=O)c1ccc(F)cc1)C(=O)OCC. The van der Waals surface area contributed by atoms with Gasteiger partial charge in [-0.05, 0) is 44.2 Å². The van der Waals surface area contributed by atoms with Gasteiger partial charge in [-0.2, -0.15) is 0 Å². The first kappa shape index (κ1) is 21.7. The van der Waals surface area contributed by atoms with E-state index in [1.165, 1.54) is 38.2 Å². The molecule has 8 nitrogen and oxygen atoms in total. The van der Waals surface area contributed by atoms with Crippen LogP contribution in [-0.2, 0) is 23.8 Å². The molecular formula is C20H18FNO7. The molecule has 1 heterocycles. The van der Waals surface area contributed by atoms with Crippen LogP contribution in [0.15, 0.2) is 42.7 Å². The molecule has 0 fully saturated rings. The number of halogens is 1. The Hall–Kier alpha value is -3.62. The number of ether oxygens (including phenoxy) is 3. The number of rotatable bonds is 8. The number of hydrogen-bond donors (Lipinski definition) is 0. The van der Waals surface area contributed by atoms with Crippen LogP contribution in [0.25, 0.3) is 0 Å². The summed E-state index contributed by atoms with van der Waals surface area (Å²) in [5.74, 6) is -4.47. The van der Waals surface area contributed by atoms with Gasteiger partial charge in [0.25, 0.3) is 6.10 Å². The lowest BCUT2D eigenvalue weighted by atomic mass is 10.00. The zero-order valence-corrected chi connectivity index (χ0v) is 15.7. The quantitative estimate of drug-likeness (QED) is 0.285. The van der Waals surface area contributed by atoms with E-state index in [-0.39, 0.29) is 29.9 Å². The number of esters is 3. The van der Waals surface area contributed by atoms with E-state index in [1.54, 1.807) is 0 Å². The number of benzene rings is 1. The highest BCUT2D eigenvalue weighted by atomic mass is 19.1. The third-order valence-electron chi connectivity index (χ3n) is 3.62. The minimum Gasteiger partial charge on any atom is -0.463 e. The van der Waals surface area contributed by atoms with Gasteiger partial charge in [0.05, 0.1) is 18.8 Å². The van der Waals surface area contributed by atoms with Crippen LogP contribution in [0, 0.1) is 5.82 Å². The van der Waals surface area contributed by atoms with Gasteiger partial charge in [-0.3, -0.25) is 9.78 Å². The van der Waals surface area contributed by atoms with E-state index < -0.39 is 35.6 Å². The lowest BCUT2D eigenvalue weighted by molar-refractivity contribution is -0.168. The molecule has 152 valence electrons. The monoisotopic (exact) mass is 403 g/mol. The second-order valence-electron chi connectivity index (χ2n) is 5.55. The first-order valence-corrected chi connectivity index (χ1v) is 8.67. The number of carbonyl (C=O) groups excluding carboxylic acids is 4. The highest BCUT2D eigenvalue weighted by Crippen LogP contribution is 2.17. The summed E-state index contributed by atoms with van der Waals surface area (Å²) in [6.07, 6.45) is 0.394. The van der Waals surface area contributed by atoms with Crippen LogP contribution in [0.3, 0.4) is 0 Å². The minimum atomic E-state index is -1.95. The summed E-state index contributed by atoms with van der Waals surface area (Å²) in [7, 11) is 0. The van der Waals surface area contributed by atoms with Gasteiger partial charge in [0.1, 0.15) is 5.82 Å². The van der Waals surface area contributed by atoms with Crippen molar-refractivity contribution in [3.05, 3.63) is 65.2 Å². The summed E-state index contributed by atoms with van der Waals surface area (Å²) in [6.45, 7) is 2.94. The van der Waals surface area contributed by atoms with Gasteiger partial charge < -0.3 is 14.2 Å². The Labute approximate surface area is 165 Å². The van der Waals surface area contributed by atoms with Crippen LogP contribution >= 0.6 is 0 Å². The molecule has 0 saturated heterocycles. The van der Waals surface area contributed by atoms with Gasteiger partial charge in [0.15, 0.2) is 5.78 Å². The van der Waals surface area contributed by atoms with E-state index in [0.29, 0.717) is 0 Å². The van der Waals surface area contributed by atoms with E-state index in [9.17, 15) is 23.6 Å². The molecule has 0 N–H and O–H groups in total. The molecule has 0 saturated carbocycles. The fraction of sp³-hybridized carbons (Fsp3) is 0.250. The predicted octanol–water partition coefficient (Wildman–Crippen LogP) is 2.10. The summed E-state index contributed by atoms with van der Waals surface area (Å²) in [5, 5.41) is 0. The Kier molecular flexibility index (Phi) is 7.53. The maximum atomic E-state index is 13.1. The van der Waals surface area contributed by atoms with Crippen LogP contribution in [0.1, 0.15) is 40.1 Å². The molecule has 1 aromatic carbocycles. The lowest BCUT2D eigenvalue weighted by Crippen LogP contribution is -2.38. The number of ketones is 1. The molecule has 0 spiro atoms. The van der Waals surface area contributed by atoms with E-state index >= 15 is 0 Å². The second kappa shape index (κ2) is 10.1. The molecular weight excluding hydrogens is 385 g/mol. The van der Waals surface area contributed by atoms with E-state index in [2.05, 4.69) is 4.98 Å². The van der Waals surface area contributed by atoms with E-state index in [0.717, 1.165) is 18.3 Å². The summed E-state index contributed by atoms with van der Waals surface area (Å²) in [6, 6.07) is 5.99. The molecule has 0 radical (unpaired) electrons. The average Bonchev–Trinajstić information content (AvgIpc) is 2.72. The number of hydrogen-bond acceptors (Lipinski definition) is 8. The van der Waals surface area contributed by atoms with Crippen molar-refractivity contribution in [1.29, 1.82) is 0 Å². The lowest BCUT2D eigenvalue weighted by Gasteiger charge is -2.16. The van der Waals surface area contributed by atoms with Crippen molar-refractivity contribution in [2.45, 2.75) is 20.0 Å². The minimum absolute atomic E-state index is 0.0481. The van der Waals surface area contributed by atoms with Crippen LogP contribution in [0.2, 0.25) is 0 Å². The summed E-state index contributed by atoms with van der Waals surface area (Å²) in [4.78, 5) is 53.0. The number of pyridine rings is 1. The van der Waals surface area contributed by atoms with Gasteiger partial charge in [-0.15, -0.1) is 0 Å². The molecule has 1 aromatic heterocycles. The fourth-order valence-corrected chi connectivity index (χ4v) is 2.31. The standard InChI is InChI=1S/C20H18FNO7/c1-3-27-19(25)17(20(26)28-4-2)29-18(24)15-11-22-10-9-14(15)16(23)12-5-7-13(21)8-6-12/h5-11,17H,3-4H2,1-2H3. The Morgan fingerprint density at radius 3 is 2.07 bits per heavy atom. The van der Waals surface area contributed by atoms with Gasteiger partial charge in [-0.25, -0.2) is 18.8 Å². The first-order chi connectivity index (χ1) is 13.9. The molecule has 9 heteroatoms. The molecule has 0 amide bonds. The Morgan fingerprint density at radius 1 is 0.931 bits per heavy atom. The topological polar surface area (TPSA) is 109 Å². The molecule has 0 aliphatic rings. The zero-order chi connectivity index (χ0) is 21.4. The van der Waals surface area contributed by atoms with Crippen molar-refractivity contribution in [2.24, 2.45) is 0 Å². The predicted molar refractivity (Wildman–Crippen MR) is 96.5 cm³/mol. The Balaban J connectivity index is 2.32. The fourth-order valence-electron chi connectivity index (χ4n) is 2.31. The van der Waals surface area contributed by atoms with Gasteiger partial charge in [-0.1, -0.05) is 0 Å². The molecule has 2 aromatic rings. The number of nitrogens with zero attached hydrogens (tertiary/aromatic N) is 1. The molecule has 29 heavy (non-hydrogen) atoms. The summed E-state index contributed by atoms with van der Waals surface area (Å²) in [5.41, 5.74) is -0.248. The highest BCUT2D eigenvalue weighted by Gasteiger charge is 2.35. The molecule has 0 atom stereocenters. The molecule has 0 bridgehead atoms. The van der Waals surface area contributed by atoms with Crippen LogP contribution < -0.4 is 0 Å². The van der Waals surface area contributed by atoms with Gasteiger partial charge >= 0.3 is 17.9 Å². The third kappa shape index (κ3) is 5.44. The third-order valence-corrected chi connectivity index (χ3v) is 3.62. The highest BCUT2D eigenvalue weighted by molar-refractivity contribution is 6.14. The van der Waals surface area contributed by atoms with Crippen molar-refractivity contribution < 1.29 is 37.8 Å². The molecule has 0 unspecified atom stereocenters. The second-order valence-corrected chi connectivity index (χ2v) is 5.55. The van der Waals surface area contributed by atoms with Crippen molar-refractivity contribution in [2.75, 3.05) is 13.2 Å². The van der Waals surface area contributed by atoms with Crippen LogP contribution in [0.5, 0.6) is 0 Å². The van der Waals surface area contributed by atoms with Crippen molar-refractivity contribution in [3.8, 4) is 0 Å². The first-order valence-electron chi connectivity index (χ1n) is 8.67. The number of carbonyl (C=O) groups is 4. The van der Waals surface area contributed by atoms with E-state index in [4.69, 9.17) is 14.2 Å². The smallest absolute Gasteiger partial charge is 0.359 e. The molecule has 0 aliphatic heterocycles. The zero-order valence-electron chi connectivity index (χ0n) is 15.7. The van der Waals surface area contributed by atoms with Crippen molar-refractivity contribution in [1.82, 2.24) is 4.98 Å². The maximum Gasteiger partial charge on any atom is 0.359 e.